The van der Waals surface area contributed by atoms with Crippen LogP contribution in [0.1, 0.15) is 20.7 Å². The molecular formula is C35H30F2N8O8. The van der Waals surface area contributed by atoms with Crippen molar-refractivity contribution in [3.8, 4) is 45.7 Å². The Morgan fingerprint density at radius 3 is 1.66 bits per heavy atom. The molecule has 18 heteroatoms. The number of nitrogen functional groups attached to an aromatic ring is 1. The van der Waals surface area contributed by atoms with Crippen molar-refractivity contribution in [2.24, 2.45) is 0 Å². The van der Waals surface area contributed by atoms with Gasteiger partial charge >= 0.3 is 11.9 Å². The molecular weight excluding hydrogens is 698 g/mol. The number of aromatic carboxylic acids is 1. The van der Waals surface area contributed by atoms with Gasteiger partial charge in [-0.15, -0.1) is 0 Å². The molecule has 0 spiro atoms. The largest absolute Gasteiger partial charge is 0.478 e. The molecule has 2 heterocycles. The average molecular weight is 729 g/mol. The lowest BCUT2D eigenvalue weighted by atomic mass is 10.1. The molecule has 4 aromatic carbocycles. The van der Waals surface area contributed by atoms with Crippen LogP contribution in [0.5, 0.6) is 0 Å². The van der Waals surface area contributed by atoms with E-state index in [1.54, 1.807) is 37.2 Å². The molecule has 272 valence electrons. The summed E-state index contributed by atoms with van der Waals surface area (Å²) in [5.41, 5.74) is 8.69. The molecule has 3 N–H and O–H groups in total. The highest BCUT2D eigenvalue weighted by molar-refractivity contribution is 5.90. The third-order valence-corrected chi connectivity index (χ3v) is 7.60. The van der Waals surface area contributed by atoms with Gasteiger partial charge in [0.2, 0.25) is 11.6 Å². The predicted octanol–water partition coefficient (Wildman–Crippen LogP) is 6.19. The van der Waals surface area contributed by atoms with Crippen molar-refractivity contribution in [1.29, 1.82) is 0 Å². The van der Waals surface area contributed by atoms with Gasteiger partial charge in [-0.05, 0) is 66.7 Å². The first-order valence-electron chi connectivity index (χ1n) is 15.3. The number of rotatable bonds is 9. The summed E-state index contributed by atoms with van der Waals surface area (Å²) in [6.07, 6.45) is 0. The van der Waals surface area contributed by atoms with Crippen LogP contribution < -0.4 is 15.5 Å². The van der Waals surface area contributed by atoms with Crippen LogP contribution in [0.4, 0.5) is 31.5 Å². The summed E-state index contributed by atoms with van der Waals surface area (Å²) in [5.74, 6) is -3.29. The second-order valence-corrected chi connectivity index (χ2v) is 11.6. The monoisotopic (exact) mass is 728 g/mol. The quantitative estimate of drug-likeness (QED) is 0.0734. The lowest BCUT2D eigenvalue weighted by Crippen LogP contribution is -2.10. The van der Waals surface area contributed by atoms with E-state index < -0.39 is 34.1 Å². The zero-order chi connectivity index (χ0) is 38.6. The second-order valence-electron chi connectivity index (χ2n) is 11.6. The fraction of sp³-hybridized carbons (Fsp3) is 0.143. The first-order valence-corrected chi connectivity index (χ1v) is 15.3. The number of benzene rings is 4. The number of hydrogen-bond acceptors (Lipinski definition) is 14. The molecule has 6 aromatic rings. The minimum absolute atomic E-state index is 0.0149. The fourth-order valence-corrected chi connectivity index (χ4v) is 4.95. The highest BCUT2D eigenvalue weighted by atomic mass is 19.1. The maximum Gasteiger partial charge on any atom is 0.340 e. The molecule has 0 aliphatic rings. The third kappa shape index (κ3) is 8.06. The number of carbonyl (C=O) groups is 2. The summed E-state index contributed by atoms with van der Waals surface area (Å²) in [5, 5.41) is 27.7. The van der Waals surface area contributed by atoms with Crippen molar-refractivity contribution in [2.75, 3.05) is 50.8 Å². The number of carboxylic acid groups (broad SMARTS) is 1. The van der Waals surface area contributed by atoms with Gasteiger partial charge in [0, 0.05) is 56.5 Å². The maximum absolute atomic E-state index is 14.1. The first kappa shape index (κ1) is 37.0. The van der Waals surface area contributed by atoms with Crippen LogP contribution in [0.3, 0.4) is 0 Å². The van der Waals surface area contributed by atoms with Gasteiger partial charge in [-0.3, -0.25) is 10.1 Å². The molecule has 16 nitrogen and oxygen atoms in total. The molecule has 0 saturated heterocycles. The number of aromatic nitrogens is 4. The predicted molar refractivity (Wildman–Crippen MR) is 188 cm³/mol. The zero-order valence-electron chi connectivity index (χ0n) is 28.7. The summed E-state index contributed by atoms with van der Waals surface area (Å²) in [7, 11) is 8.34. The Morgan fingerprint density at radius 1 is 0.755 bits per heavy atom. The zero-order valence-corrected chi connectivity index (χ0v) is 28.7. The number of carboxylic acids is 1. The second kappa shape index (κ2) is 15.3. The van der Waals surface area contributed by atoms with Crippen LogP contribution >= 0.6 is 0 Å². The van der Waals surface area contributed by atoms with Crippen molar-refractivity contribution in [1.82, 2.24) is 20.3 Å². The normalized spacial score (nSPS) is 10.6. The maximum atomic E-state index is 14.1. The van der Waals surface area contributed by atoms with Gasteiger partial charge < -0.3 is 34.4 Å². The third-order valence-electron chi connectivity index (χ3n) is 7.60. The van der Waals surface area contributed by atoms with E-state index in [9.17, 15) is 28.5 Å². The Hall–Kier alpha value is -7.24. The van der Waals surface area contributed by atoms with Gasteiger partial charge in [0.1, 0.15) is 17.3 Å². The Morgan fingerprint density at radius 2 is 1.23 bits per heavy atom. The minimum Gasteiger partial charge on any atom is -0.478 e. The number of halogens is 2. The molecule has 0 atom stereocenters. The number of nitro benzene ring substituents is 1. The van der Waals surface area contributed by atoms with E-state index >= 15 is 0 Å². The van der Waals surface area contributed by atoms with Crippen molar-refractivity contribution in [2.45, 2.75) is 0 Å². The summed E-state index contributed by atoms with van der Waals surface area (Å²) in [6.45, 7) is 0. The number of hydrogen-bond donors (Lipinski definition) is 2. The number of ether oxygens (including phenoxy) is 1. The van der Waals surface area contributed by atoms with E-state index in [0.29, 0.717) is 28.1 Å². The van der Waals surface area contributed by atoms with Gasteiger partial charge in [0.05, 0.1) is 34.5 Å². The van der Waals surface area contributed by atoms with Crippen LogP contribution in [-0.2, 0) is 4.74 Å². The van der Waals surface area contributed by atoms with Crippen molar-refractivity contribution in [3.05, 3.63) is 106 Å². The highest BCUT2D eigenvalue weighted by Crippen LogP contribution is 2.33. The smallest absolute Gasteiger partial charge is 0.340 e. The van der Waals surface area contributed by atoms with E-state index in [-0.39, 0.29) is 40.2 Å². The number of anilines is 3. The standard InChI is InChI=1S/C18H17FN4O3.C17H13FN4O5/c1-23(2)15-7-5-11(9-14(15)20)17-21-16(22-26-17)10-4-6-12(13(19)8-10)18(24)25-3;1-21(2)13-6-4-10(8-14(13)22(25)26)16-19-15(20-27-16)9-3-5-11(17(23)24)12(18)7-9/h4-9H,20H2,1-3H3;3-8H,1-2H3,(H,23,24). The Labute approximate surface area is 299 Å². The molecule has 0 amide bonds. The molecule has 0 aliphatic heterocycles. The average Bonchev–Trinajstić information content (AvgIpc) is 3.82. The number of nitrogens with zero attached hydrogens (tertiary/aromatic N) is 7. The van der Waals surface area contributed by atoms with Gasteiger partial charge in [0.15, 0.2) is 0 Å². The van der Waals surface area contributed by atoms with Crippen LogP contribution in [0, 0.1) is 21.7 Å². The van der Waals surface area contributed by atoms with Crippen molar-refractivity contribution in [3.63, 3.8) is 0 Å². The molecule has 0 fully saturated rings. The van der Waals surface area contributed by atoms with Crippen molar-refractivity contribution < 1.29 is 42.2 Å². The lowest BCUT2D eigenvalue weighted by Gasteiger charge is -2.15. The molecule has 2 aromatic heterocycles. The topological polar surface area (TPSA) is 217 Å². The molecule has 6 rings (SSSR count). The molecule has 0 bridgehead atoms. The van der Waals surface area contributed by atoms with Crippen LogP contribution in [0.25, 0.3) is 45.7 Å². The number of nitro groups is 1. The summed E-state index contributed by atoms with van der Waals surface area (Å²) in [4.78, 5) is 45.0. The van der Waals surface area contributed by atoms with Crippen LogP contribution in [-0.4, -0.2) is 77.6 Å². The number of nitrogens with two attached hydrogens (primary N) is 1. The van der Waals surface area contributed by atoms with Gasteiger partial charge in [-0.1, -0.05) is 10.3 Å². The van der Waals surface area contributed by atoms with Gasteiger partial charge in [-0.25, -0.2) is 18.4 Å². The van der Waals surface area contributed by atoms with Gasteiger partial charge in [0.25, 0.3) is 17.5 Å². The first-order chi connectivity index (χ1) is 25.2. The molecule has 0 unspecified atom stereocenters. The van der Waals surface area contributed by atoms with E-state index in [0.717, 1.165) is 23.9 Å². The van der Waals surface area contributed by atoms with E-state index in [1.807, 2.05) is 31.1 Å². The summed E-state index contributed by atoms with van der Waals surface area (Å²) >= 11 is 0. The molecule has 0 aliphatic carbocycles. The van der Waals surface area contributed by atoms with Crippen LogP contribution in [0.15, 0.2) is 81.8 Å². The Kier molecular flexibility index (Phi) is 10.7. The SMILES string of the molecule is CN(C)c1ccc(-c2nc(-c3ccc(C(=O)O)c(F)c3)no2)cc1[N+](=O)[O-].COC(=O)c1ccc(-c2noc(-c3ccc(N(C)C)c(N)c3)n2)cc1F. The number of esters is 1. The Balaban J connectivity index is 0.000000204. The summed E-state index contributed by atoms with van der Waals surface area (Å²) in [6, 6.07) is 17.3. The number of carbonyl (C=O) groups excluding carboxylic acids is 1. The summed E-state index contributed by atoms with van der Waals surface area (Å²) < 4.78 is 42.8. The van der Waals surface area contributed by atoms with Gasteiger partial charge in [-0.2, -0.15) is 9.97 Å². The highest BCUT2D eigenvalue weighted by Gasteiger charge is 2.21. The van der Waals surface area contributed by atoms with E-state index in [4.69, 9.17) is 19.9 Å². The molecule has 0 saturated carbocycles. The molecule has 0 radical (unpaired) electrons. The van der Waals surface area contributed by atoms with Crippen LogP contribution in [0.2, 0.25) is 0 Å². The molecule has 53 heavy (non-hydrogen) atoms. The van der Waals surface area contributed by atoms with E-state index in [2.05, 4.69) is 25.0 Å². The number of methoxy groups -OCH3 is 1. The van der Waals surface area contributed by atoms with E-state index in [1.165, 1.54) is 31.4 Å². The van der Waals surface area contributed by atoms with Crippen molar-refractivity contribution >= 4 is 34.7 Å². The fourth-order valence-electron chi connectivity index (χ4n) is 4.95. The Bertz CT molecular complexity index is 2340. The lowest BCUT2D eigenvalue weighted by molar-refractivity contribution is -0.384. The minimum atomic E-state index is -1.39.